The number of carbonyl (C=O) groups is 2. The van der Waals surface area contributed by atoms with Gasteiger partial charge in [0, 0.05) is 27.8 Å². The summed E-state index contributed by atoms with van der Waals surface area (Å²) in [5.74, 6) is -1.75. The maximum atomic E-state index is 13.6. The molecule has 3 aromatic rings. The number of carbonyl (C=O) groups excluding carboxylic acids is 2. The molecule has 0 heterocycles. The van der Waals surface area contributed by atoms with Gasteiger partial charge < -0.3 is 5.32 Å². The molecule has 0 fully saturated rings. The molecular formula is C21H15F2NO2S. The molecule has 27 heavy (non-hydrogen) atoms. The summed E-state index contributed by atoms with van der Waals surface area (Å²) >= 11 is 1.01. The van der Waals surface area contributed by atoms with Crippen LogP contribution in [0.15, 0.2) is 77.7 Å². The van der Waals surface area contributed by atoms with Crippen molar-refractivity contribution in [1.82, 2.24) is 0 Å². The highest BCUT2D eigenvalue weighted by Gasteiger charge is 2.11. The maximum absolute atomic E-state index is 13.6. The summed E-state index contributed by atoms with van der Waals surface area (Å²) in [6.07, 6.45) is 0. The summed E-state index contributed by atoms with van der Waals surface area (Å²) in [6.45, 7) is 0. The first kappa shape index (κ1) is 18.8. The maximum Gasteiger partial charge on any atom is 0.255 e. The van der Waals surface area contributed by atoms with E-state index in [9.17, 15) is 18.4 Å². The molecule has 0 saturated carbocycles. The molecule has 1 N–H and O–H groups in total. The fourth-order valence-corrected chi connectivity index (χ4v) is 3.17. The van der Waals surface area contributed by atoms with Gasteiger partial charge in [-0.25, -0.2) is 8.78 Å². The Morgan fingerprint density at radius 2 is 1.56 bits per heavy atom. The SMILES string of the molecule is O=C(CSc1ccc(F)cc1F)c1ccc(NC(=O)c2ccccc2)cc1. The molecule has 0 aliphatic rings. The molecule has 0 radical (unpaired) electrons. The van der Waals surface area contributed by atoms with Crippen molar-refractivity contribution in [1.29, 1.82) is 0 Å². The standard InChI is InChI=1S/C21H15F2NO2S/c22-16-8-11-20(18(23)12-16)27-13-19(25)14-6-9-17(10-7-14)24-21(26)15-4-2-1-3-5-15/h1-12H,13H2,(H,24,26). The summed E-state index contributed by atoms with van der Waals surface area (Å²) in [4.78, 5) is 24.6. The normalized spacial score (nSPS) is 10.4. The molecule has 3 aromatic carbocycles. The van der Waals surface area contributed by atoms with Crippen LogP contribution in [-0.4, -0.2) is 17.4 Å². The van der Waals surface area contributed by atoms with Crippen LogP contribution in [0.2, 0.25) is 0 Å². The van der Waals surface area contributed by atoms with Gasteiger partial charge in [-0.15, -0.1) is 11.8 Å². The smallest absolute Gasteiger partial charge is 0.255 e. The number of rotatable bonds is 6. The van der Waals surface area contributed by atoms with Crippen molar-refractivity contribution >= 4 is 29.1 Å². The van der Waals surface area contributed by atoms with E-state index in [0.717, 1.165) is 23.9 Å². The fraction of sp³-hybridized carbons (Fsp3) is 0.0476. The Bertz CT molecular complexity index is 960. The van der Waals surface area contributed by atoms with E-state index in [1.807, 2.05) is 6.07 Å². The molecule has 0 bridgehead atoms. The third kappa shape index (κ3) is 5.01. The van der Waals surface area contributed by atoms with Crippen LogP contribution in [0.4, 0.5) is 14.5 Å². The minimum atomic E-state index is -0.688. The van der Waals surface area contributed by atoms with Gasteiger partial charge in [0.05, 0.1) is 5.75 Å². The zero-order valence-electron chi connectivity index (χ0n) is 14.1. The van der Waals surface area contributed by atoms with E-state index in [1.54, 1.807) is 48.5 Å². The van der Waals surface area contributed by atoms with Crippen LogP contribution in [0.3, 0.4) is 0 Å². The molecule has 136 valence electrons. The van der Waals surface area contributed by atoms with Gasteiger partial charge >= 0.3 is 0 Å². The second-order valence-electron chi connectivity index (χ2n) is 5.68. The first-order chi connectivity index (χ1) is 13.0. The summed E-state index contributed by atoms with van der Waals surface area (Å²) in [5, 5.41) is 2.75. The topological polar surface area (TPSA) is 46.2 Å². The Kier molecular flexibility index (Phi) is 5.98. The van der Waals surface area contributed by atoms with Crippen molar-refractivity contribution in [2.75, 3.05) is 11.1 Å². The van der Waals surface area contributed by atoms with E-state index in [2.05, 4.69) is 5.32 Å². The van der Waals surface area contributed by atoms with Gasteiger partial charge in [0.2, 0.25) is 0 Å². The predicted molar refractivity (Wildman–Crippen MR) is 102 cm³/mol. The highest BCUT2D eigenvalue weighted by Crippen LogP contribution is 2.23. The first-order valence-corrected chi connectivity index (χ1v) is 9.09. The van der Waals surface area contributed by atoms with E-state index in [0.29, 0.717) is 16.8 Å². The van der Waals surface area contributed by atoms with Crippen LogP contribution in [-0.2, 0) is 0 Å². The second kappa shape index (κ2) is 8.60. The lowest BCUT2D eigenvalue weighted by Crippen LogP contribution is -2.11. The average Bonchev–Trinajstić information content (AvgIpc) is 2.68. The van der Waals surface area contributed by atoms with Gasteiger partial charge in [-0.2, -0.15) is 0 Å². The number of thioether (sulfide) groups is 1. The van der Waals surface area contributed by atoms with E-state index in [-0.39, 0.29) is 22.3 Å². The molecule has 0 saturated heterocycles. The Labute approximate surface area is 159 Å². The van der Waals surface area contributed by atoms with Gasteiger partial charge in [0.25, 0.3) is 5.91 Å². The molecular weight excluding hydrogens is 368 g/mol. The minimum absolute atomic E-state index is 0.0261. The van der Waals surface area contributed by atoms with Gasteiger partial charge in [0.1, 0.15) is 11.6 Å². The molecule has 0 aliphatic carbocycles. The number of ketones is 1. The van der Waals surface area contributed by atoms with Crippen LogP contribution < -0.4 is 5.32 Å². The van der Waals surface area contributed by atoms with Crippen molar-refractivity contribution in [3.8, 4) is 0 Å². The van der Waals surface area contributed by atoms with Crippen LogP contribution in [0.25, 0.3) is 0 Å². The number of benzene rings is 3. The third-order valence-corrected chi connectivity index (χ3v) is 4.80. The second-order valence-corrected chi connectivity index (χ2v) is 6.70. The van der Waals surface area contributed by atoms with Gasteiger partial charge in [0.15, 0.2) is 5.78 Å². The van der Waals surface area contributed by atoms with Crippen LogP contribution in [0, 0.1) is 11.6 Å². The van der Waals surface area contributed by atoms with E-state index >= 15 is 0 Å². The van der Waals surface area contributed by atoms with Crippen LogP contribution >= 0.6 is 11.8 Å². The lowest BCUT2D eigenvalue weighted by Gasteiger charge is -2.07. The van der Waals surface area contributed by atoms with Crippen molar-refractivity contribution in [2.45, 2.75) is 4.90 Å². The molecule has 0 aliphatic heterocycles. The summed E-state index contributed by atoms with van der Waals surface area (Å²) in [6, 6.07) is 18.5. The van der Waals surface area contributed by atoms with Crippen LogP contribution in [0.5, 0.6) is 0 Å². The number of nitrogens with one attached hydrogen (secondary N) is 1. The summed E-state index contributed by atoms with van der Waals surface area (Å²) in [7, 11) is 0. The van der Waals surface area contributed by atoms with Crippen molar-refractivity contribution in [3.05, 3.63) is 95.6 Å². The molecule has 0 unspecified atom stereocenters. The third-order valence-electron chi connectivity index (χ3n) is 3.75. The zero-order chi connectivity index (χ0) is 19.2. The monoisotopic (exact) mass is 383 g/mol. The predicted octanol–water partition coefficient (Wildman–Crippen LogP) is 5.19. The number of hydrogen-bond acceptors (Lipinski definition) is 3. The number of Topliss-reactive ketones (excluding diaryl/α,β-unsaturated/α-hetero) is 1. The summed E-state index contributed by atoms with van der Waals surface area (Å²) < 4.78 is 26.5. The number of halogens is 2. The molecule has 0 aromatic heterocycles. The Balaban J connectivity index is 1.59. The molecule has 3 rings (SSSR count). The average molecular weight is 383 g/mol. The lowest BCUT2D eigenvalue weighted by atomic mass is 10.1. The van der Waals surface area contributed by atoms with E-state index < -0.39 is 11.6 Å². The number of anilines is 1. The molecule has 1 amide bonds. The van der Waals surface area contributed by atoms with Crippen LogP contribution in [0.1, 0.15) is 20.7 Å². The number of amides is 1. The largest absolute Gasteiger partial charge is 0.322 e. The van der Waals surface area contributed by atoms with Gasteiger partial charge in [-0.05, 0) is 48.5 Å². The Hall–Kier alpha value is -2.99. The number of hydrogen-bond donors (Lipinski definition) is 1. The summed E-state index contributed by atoms with van der Waals surface area (Å²) in [5.41, 5.74) is 1.55. The highest BCUT2D eigenvalue weighted by atomic mass is 32.2. The van der Waals surface area contributed by atoms with Crippen molar-refractivity contribution in [3.63, 3.8) is 0 Å². The Morgan fingerprint density at radius 1 is 0.852 bits per heavy atom. The molecule has 6 heteroatoms. The highest BCUT2D eigenvalue weighted by molar-refractivity contribution is 8.00. The first-order valence-electron chi connectivity index (χ1n) is 8.10. The van der Waals surface area contributed by atoms with E-state index in [1.165, 1.54) is 6.07 Å². The van der Waals surface area contributed by atoms with E-state index in [4.69, 9.17) is 0 Å². The fourth-order valence-electron chi connectivity index (χ4n) is 2.35. The van der Waals surface area contributed by atoms with Gasteiger partial charge in [-0.1, -0.05) is 18.2 Å². The quantitative estimate of drug-likeness (QED) is 0.471. The zero-order valence-corrected chi connectivity index (χ0v) is 14.9. The minimum Gasteiger partial charge on any atom is -0.322 e. The van der Waals surface area contributed by atoms with Crippen molar-refractivity contribution < 1.29 is 18.4 Å². The molecule has 0 atom stereocenters. The molecule has 0 spiro atoms. The van der Waals surface area contributed by atoms with Crippen molar-refractivity contribution in [2.24, 2.45) is 0 Å². The van der Waals surface area contributed by atoms with Gasteiger partial charge in [-0.3, -0.25) is 9.59 Å². The Morgan fingerprint density at radius 3 is 2.22 bits per heavy atom. The molecule has 3 nitrogen and oxygen atoms in total. The lowest BCUT2D eigenvalue weighted by molar-refractivity contribution is 0.101.